The van der Waals surface area contributed by atoms with Gasteiger partial charge >= 0.3 is 5.97 Å². The van der Waals surface area contributed by atoms with Gasteiger partial charge in [-0.2, -0.15) is 0 Å². The SMILES string of the molecule is Cc1nc(-c2cccs2)sc1C(=O)N[C@H](C(=O)O)C(C)C. The Kier molecular flexibility index (Phi) is 4.74. The number of aromatic nitrogens is 1. The van der Waals surface area contributed by atoms with Crippen LogP contribution in [-0.2, 0) is 4.79 Å². The van der Waals surface area contributed by atoms with Crippen LogP contribution in [0.2, 0.25) is 0 Å². The summed E-state index contributed by atoms with van der Waals surface area (Å²) in [5, 5.41) is 14.4. The van der Waals surface area contributed by atoms with Gasteiger partial charge in [-0.05, 0) is 24.3 Å². The van der Waals surface area contributed by atoms with Crippen molar-refractivity contribution in [1.29, 1.82) is 0 Å². The number of aryl methyl sites for hydroxylation is 1. The van der Waals surface area contributed by atoms with E-state index < -0.39 is 12.0 Å². The van der Waals surface area contributed by atoms with Gasteiger partial charge in [-0.25, -0.2) is 9.78 Å². The highest BCUT2D eigenvalue weighted by molar-refractivity contribution is 7.22. The predicted octanol–water partition coefficient (Wildman–Crippen LogP) is 3.02. The van der Waals surface area contributed by atoms with Crippen molar-refractivity contribution in [3.63, 3.8) is 0 Å². The summed E-state index contributed by atoms with van der Waals surface area (Å²) in [6.45, 7) is 5.28. The van der Waals surface area contributed by atoms with E-state index in [2.05, 4.69) is 10.3 Å². The topological polar surface area (TPSA) is 79.3 Å². The Hall–Kier alpha value is -1.73. The van der Waals surface area contributed by atoms with Gasteiger partial charge in [0, 0.05) is 0 Å². The van der Waals surface area contributed by atoms with E-state index in [0.717, 1.165) is 9.88 Å². The lowest BCUT2D eigenvalue weighted by molar-refractivity contribution is -0.140. The quantitative estimate of drug-likeness (QED) is 0.886. The summed E-state index contributed by atoms with van der Waals surface area (Å²) in [6.07, 6.45) is 0. The van der Waals surface area contributed by atoms with Crippen LogP contribution in [0.3, 0.4) is 0 Å². The number of nitrogens with zero attached hydrogens (tertiary/aromatic N) is 1. The highest BCUT2D eigenvalue weighted by Gasteiger charge is 2.26. The number of rotatable bonds is 5. The molecular formula is C14H16N2O3S2. The molecule has 0 aromatic carbocycles. The standard InChI is InChI=1S/C14H16N2O3S2/c1-7(2)10(14(18)19)16-12(17)11-8(3)15-13(21-11)9-5-4-6-20-9/h4-7,10H,1-3H3,(H,16,17)(H,18,19)/t10-/m0/s1. The van der Waals surface area contributed by atoms with E-state index in [0.29, 0.717) is 10.6 Å². The Morgan fingerprint density at radius 3 is 2.62 bits per heavy atom. The predicted molar refractivity (Wildman–Crippen MR) is 83.9 cm³/mol. The molecule has 2 N–H and O–H groups in total. The number of carbonyl (C=O) groups is 2. The molecule has 2 aromatic heterocycles. The molecule has 0 radical (unpaired) electrons. The summed E-state index contributed by atoms with van der Waals surface area (Å²) in [4.78, 5) is 29.3. The van der Waals surface area contributed by atoms with Crippen LogP contribution in [-0.4, -0.2) is 28.0 Å². The van der Waals surface area contributed by atoms with Gasteiger partial charge in [0.25, 0.3) is 5.91 Å². The number of carboxylic acids is 1. The van der Waals surface area contributed by atoms with Crippen molar-refractivity contribution >= 4 is 34.6 Å². The molecule has 7 heteroatoms. The van der Waals surface area contributed by atoms with Crippen LogP contribution in [0.15, 0.2) is 17.5 Å². The van der Waals surface area contributed by atoms with Crippen molar-refractivity contribution < 1.29 is 14.7 Å². The van der Waals surface area contributed by atoms with Crippen LogP contribution in [0.25, 0.3) is 9.88 Å². The number of thiazole rings is 1. The Labute approximate surface area is 130 Å². The molecule has 0 bridgehead atoms. The maximum atomic E-state index is 12.3. The highest BCUT2D eigenvalue weighted by Crippen LogP contribution is 2.31. The lowest BCUT2D eigenvalue weighted by Crippen LogP contribution is -2.44. The minimum Gasteiger partial charge on any atom is -0.480 e. The van der Waals surface area contributed by atoms with Gasteiger partial charge < -0.3 is 10.4 Å². The van der Waals surface area contributed by atoms with Crippen molar-refractivity contribution in [2.24, 2.45) is 5.92 Å². The van der Waals surface area contributed by atoms with Crippen LogP contribution in [0, 0.1) is 12.8 Å². The van der Waals surface area contributed by atoms with E-state index in [1.165, 1.54) is 11.3 Å². The normalized spacial score (nSPS) is 12.4. The zero-order chi connectivity index (χ0) is 15.6. The van der Waals surface area contributed by atoms with Gasteiger partial charge in [-0.1, -0.05) is 19.9 Å². The second-order valence-electron chi connectivity index (χ2n) is 4.94. The summed E-state index contributed by atoms with van der Waals surface area (Å²) in [7, 11) is 0. The minimum absolute atomic E-state index is 0.184. The van der Waals surface area contributed by atoms with Crippen LogP contribution < -0.4 is 5.32 Å². The minimum atomic E-state index is -1.03. The third-order valence-electron chi connectivity index (χ3n) is 2.95. The number of aliphatic carboxylic acids is 1. The summed E-state index contributed by atoms with van der Waals surface area (Å²) >= 11 is 2.84. The fourth-order valence-corrected chi connectivity index (χ4v) is 3.60. The number of hydrogen-bond donors (Lipinski definition) is 2. The molecule has 5 nitrogen and oxygen atoms in total. The molecule has 0 fully saturated rings. The zero-order valence-electron chi connectivity index (χ0n) is 11.9. The van der Waals surface area contributed by atoms with Gasteiger partial charge in [0.2, 0.25) is 0 Å². The van der Waals surface area contributed by atoms with Crippen LogP contribution in [0.5, 0.6) is 0 Å². The van der Waals surface area contributed by atoms with E-state index in [9.17, 15) is 9.59 Å². The van der Waals surface area contributed by atoms with E-state index in [1.54, 1.807) is 32.1 Å². The monoisotopic (exact) mass is 324 g/mol. The molecule has 0 saturated carbocycles. The molecule has 2 heterocycles. The van der Waals surface area contributed by atoms with E-state index in [4.69, 9.17) is 5.11 Å². The van der Waals surface area contributed by atoms with Crippen molar-refractivity contribution in [2.75, 3.05) is 0 Å². The lowest BCUT2D eigenvalue weighted by atomic mass is 10.0. The van der Waals surface area contributed by atoms with Crippen LogP contribution in [0.4, 0.5) is 0 Å². The lowest BCUT2D eigenvalue weighted by Gasteiger charge is -2.17. The molecule has 0 saturated heterocycles. The average Bonchev–Trinajstić information content (AvgIpc) is 3.03. The first-order valence-electron chi connectivity index (χ1n) is 6.45. The summed E-state index contributed by atoms with van der Waals surface area (Å²) in [6, 6.07) is 2.97. The van der Waals surface area contributed by atoms with Gasteiger partial charge in [0.15, 0.2) is 0 Å². The maximum absolute atomic E-state index is 12.3. The van der Waals surface area contributed by atoms with Gasteiger partial charge in [0.05, 0.1) is 10.6 Å². The Bertz CT molecular complexity index is 647. The third kappa shape index (κ3) is 3.48. The molecule has 0 aliphatic rings. The molecule has 0 unspecified atom stereocenters. The van der Waals surface area contributed by atoms with Crippen LogP contribution in [0.1, 0.15) is 29.2 Å². The van der Waals surface area contributed by atoms with E-state index >= 15 is 0 Å². The number of nitrogens with one attached hydrogen (secondary N) is 1. The fraction of sp³-hybridized carbons (Fsp3) is 0.357. The van der Waals surface area contributed by atoms with Crippen molar-refractivity contribution in [3.8, 4) is 9.88 Å². The number of carboxylic acid groups (broad SMARTS) is 1. The second kappa shape index (κ2) is 6.36. The number of carbonyl (C=O) groups excluding carboxylic acids is 1. The molecule has 0 aliphatic carbocycles. The molecule has 2 aromatic rings. The van der Waals surface area contributed by atoms with E-state index in [-0.39, 0.29) is 11.8 Å². The van der Waals surface area contributed by atoms with Gasteiger partial charge in [-0.3, -0.25) is 4.79 Å². The van der Waals surface area contributed by atoms with Crippen molar-refractivity contribution in [3.05, 3.63) is 28.1 Å². The number of amides is 1. The third-order valence-corrected chi connectivity index (χ3v) is 5.15. The number of thiophene rings is 1. The summed E-state index contributed by atoms with van der Waals surface area (Å²) in [5.41, 5.74) is 0.619. The average molecular weight is 324 g/mol. The Balaban J connectivity index is 2.22. The molecule has 0 spiro atoms. The molecule has 1 atom stereocenters. The summed E-state index contributed by atoms with van der Waals surface area (Å²) in [5.74, 6) is -1.59. The second-order valence-corrected chi connectivity index (χ2v) is 6.89. The Morgan fingerprint density at radius 1 is 1.38 bits per heavy atom. The van der Waals surface area contributed by atoms with Gasteiger partial charge in [0.1, 0.15) is 15.9 Å². The zero-order valence-corrected chi connectivity index (χ0v) is 13.5. The first kappa shape index (κ1) is 15.7. The number of hydrogen-bond acceptors (Lipinski definition) is 5. The van der Waals surface area contributed by atoms with Gasteiger partial charge in [-0.15, -0.1) is 22.7 Å². The molecule has 2 rings (SSSR count). The van der Waals surface area contributed by atoms with Crippen LogP contribution >= 0.6 is 22.7 Å². The van der Waals surface area contributed by atoms with Crippen molar-refractivity contribution in [1.82, 2.24) is 10.3 Å². The smallest absolute Gasteiger partial charge is 0.326 e. The van der Waals surface area contributed by atoms with Crippen molar-refractivity contribution in [2.45, 2.75) is 26.8 Å². The van der Waals surface area contributed by atoms with E-state index in [1.807, 2.05) is 17.5 Å². The Morgan fingerprint density at radius 2 is 2.10 bits per heavy atom. The first-order chi connectivity index (χ1) is 9.90. The molecule has 0 aliphatic heterocycles. The first-order valence-corrected chi connectivity index (χ1v) is 8.14. The maximum Gasteiger partial charge on any atom is 0.326 e. The fourth-order valence-electron chi connectivity index (χ4n) is 1.83. The molecule has 1 amide bonds. The highest BCUT2D eigenvalue weighted by atomic mass is 32.1. The molecular weight excluding hydrogens is 308 g/mol. The molecule has 112 valence electrons. The molecule has 21 heavy (non-hydrogen) atoms. The summed E-state index contributed by atoms with van der Waals surface area (Å²) < 4.78 is 0. The largest absolute Gasteiger partial charge is 0.480 e.